The van der Waals surface area contributed by atoms with Crippen LogP contribution in [0.5, 0.6) is 0 Å². The largest absolute Gasteiger partial charge is 0.313 e. The summed E-state index contributed by atoms with van der Waals surface area (Å²) < 4.78 is 0. The summed E-state index contributed by atoms with van der Waals surface area (Å²) in [5.41, 5.74) is 0. The van der Waals surface area contributed by atoms with E-state index in [-0.39, 0.29) is 0 Å². The molecular formula is C11H19N3S. The maximum Gasteiger partial charge on any atom is 0.187 e. The Morgan fingerprint density at radius 3 is 2.53 bits per heavy atom. The SMILES string of the molecule is CC(C)C(C)NCCSc1ncccn1. The summed E-state index contributed by atoms with van der Waals surface area (Å²) in [4.78, 5) is 8.31. The van der Waals surface area contributed by atoms with Crippen LogP contribution in [-0.4, -0.2) is 28.3 Å². The number of nitrogens with zero attached hydrogens (tertiary/aromatic N) is 2. The van der Waals surface area contributed by atoms with Crippen molar-refractivity contribution in [3.05, 3.63) is 18.5 Å². The van der Waals surface area contributed by atoms with Gasteiger partial charge in [0.1, 0.15) is 0 Å². The minimum Gasteiger partial charge on any atom is -0.313 e. The van der Waals surface area contributed by atoms with Crippen LogP contribution in [-0.2, 0) is 0 Å². The van der Waals surface area contributed by atoms with Gasteiger partial charge in [0.2, 0.25) is 0 Å². The molecule has 4 heteroatoms. The Kier molecular flexibility index (Phi) is 5.65. The number of thioether (sulfide) groups is 1. The van der Waals surface area contributed by atoms with Gasteiger partial charge in [-0.25, -0.2) is 9.97 Å². The molecule has 0 fully saturated rings. The Labute approximate surface area is 96.1 Å². The highest BCUT2D eigenvalue weighted by molar-refractivity contribution is 7.99. The van der Waals surface area contributed by atoms with Crippen molar-refractivity contribution < 1.29 is 0 Å². The summed E-state index contributed by atoms with van der Waals surface area (Å²) >= 11 is 1.69. The zero-order chi connectivity index (χ0) is 11.1. The third-order valence-electron chi connectivity index (χ3n) is 2.34. The Bertz CT molecular complexity index is 264. The quantitative estimate of drug-likeness (QED) is 0.457. The zero-order valence-corrected chi connectivity index (χ0v) is 10.4. The van der Waals surface area contributed by atoms with Gasteiger partial charge in [-0.05, 0) is 18.9 Å². The third kappa shape index (κ3) is 5.14. The first-order chi connectivity index (χ1) is 7.20. The van der Waals surface area contributed by atoms with Crippen LogP contribution in [0, 0.1) is 5.92 Å². The molecule has 1 N–H and O–H groups in total. The monoisotopic (exact) mass is 225 g/mol. The van der Waals surface area contributed by atoms with Crippen LogP contribution in [0.15, 0.2) is 23.6 Å². The fourth-order valence-electron chi connectivity index (χ4n) is 1.02. The highest BCUT2D eigenvalue weighted by atomic mass is 32.2. The van der Waals surface area contributed by atoms with Crippen molar-refractivity contribution in [1.29, 1.82) is 0 Å². The molecule has 84 valence electrons. The second kappa shape index (κ2) is 6.80. The molecule has 0 saturated heterocycles. The van der Waals surface area contributed by atoms with E-state index in [1.54, 1.807) is 24.2 Å². The van der Waals surface area contributed by atoms with E-state index in [2.05, 4.69) is 36.1 Å². The van der Waals surface area contributed by atoms with E-state index >= 15 is 0 Å². The molecule has 1 atom stereocenters. The molecule has 0 aliphatic rings. The van der Waals surface area contributed by atoms with Crippen molar-refractivity contribution in [3.8, 4) is 0 Å². The van der Waals surface area contributed by atoms with Gasteiger partial charge in [-0.3, -0.25) is 0 Å². The van der Waals surface area contributed by atoms with E-state index < -0.39 is 0 Å². The first kappa shape index (κ1) is 12.5. The summed E-state index contributed by atoms with van der Waals surface area (Å²) in [6, 6.07) is 2.41. The summed E-state index contributed by atoms with van der Waals surface area (Å²) in [6.45, 7) is 7.67. The smallest absolute Gasteiger partial charge is 0.187 e. The molecule has 0 aliphatic carbocycles. The summed E-state index contributed by atoms with van der Waals surface area (Å²) in [6.07, 6.45) is 3.55. The van der Waals surface area contributed by atoms with Gasteiger partial charge >= 0.3 is 0 Å². The van der Waals surface area contributed by atoms with E-state index in [0.717, 1.165) is 17.5 Å². The Hall–Kier alpha value is -0.610. The maximum atomic E-state index is 4.15. The molecule has 1 aromatic heterocycles. The summed E-state index contributed by atoms with van der Waals surface area (Å²) in [7, 11) is 0. The lowest BCUT2D eigenvalue weighted by molar-refractivity contribution is 0.438. The fraction of sp³-hybridized carbons (Fsp3) is 0.636. The predicted octanol–water partition coefficient (Wildman–Crippen LogP) is 2.20. The van der Waals surface area contributed by atoms with Gasteiger partial charge in [0.05, 0.1) is 0 Å². The Balaban J connectivity index is 2.12. The normalized spacial score (nSPS) is 13.1. The minimum absolute atomic E-state index is 0.572. The Morgan fingerprint density at radius 2 is 1.93 bits per heavy atom. The van der Waals surface area contributed by atoms with Crippen LogP contribution in [0.25, 0.3) is 0 Å². The molecule has 1 unspecified atom stereocenters. The average molecular weight is 225 g/mol. The van der Waals surface area contributed by atoms with Gasteiger partial charge in [-0.15, -0.1) is 0 Å². The molecule has 1 heterocycles. The standard InChI is InChI=1S/C11H19N3S/c1-9(2)10(3)12-7-8-15-11-13-5-4-6-14-11/h4-6,9-10,12H,7-8H2,1-3H3. The number of hydrogen-bond donors (Lipinski definition) is 1. The van der Waals surface area contributed by atoms with Gasteiger partial charge in [0.25, 0.3) is 0 Å². The fourth-order valence-corrected chi connectivity index (χ4v) is 1.70. The van der Waals surface area contributed by atoms with Gasteiger partial charge in [-0.2, -0.15) is 0 Å². The number of nitrogens with one attached hydrogen (secondary N) is 1. The van der Waals surface area contributed by atoms with Crippen LogP contribution < -0.4 is 5.32 Å². The van der Waals surface area contributed by atoms with Crippen molar-refractivity contribution in [2.24, 2.45) is 5.92 Å². The van der Waals surface area contributed by atoms with Crippen LogP contribution in [0.2, 0.25) is 0 Å². The highest BCUT2D eigenvalue weighted by Gasteiger charge is 2.05. The second-order valence-corrected chi connectivity index (χ2v) is 4.93. The number of hydrogen-bond acceptors (Lipinski definition) is 4. The second-order valence-electron chi connectivity index (χ2n) is 3.87. The van der Waals surface area contributed by atoms with Crippen LogP contribution in [0.1, 0.15) is 20.8 Å². The lowest BCUT2D eigenvalue weighted by atomic mass is 10.1. The molecule has 1 aromatic rings. The van der Waals surface area contributed by atoms with Crippen LogP contribution in [0.3, 0.4) is 0 Å². The molecule has 0 aromatic carbocycles. The molecule has 0 spiro atoms. The lowest BCUT2D eigenvalue weighted by Crippen LogP contribution is -2.32. The molecule has 0 radical (unpaired) electrons. The summed E-state index contributed by atoms with van der Waals surface area (Å²) in [5, 5.41) is 4.33. The molecule has 0 saturated carbocycles. The van der Waals surface area contributed by atoms with Gasteiger partial charge in [-0.1, -0.05) is 25.6 Å². The van der Waals surface area contributed by atoms with Crippen molar-refractivity contribution in [2.45, 2.75) is 32.0 Å². The first-order valence-electron chi connectivity index (χ1n) is 5.33. The van der Waals surface area contributed by atoms with Gasteiger partial charge < -0.3 is 5.32 Å². The molecule has 0 amide bonds. The van der Waals surface area contributed by atoms with E-state index in [1.165, 1.54) is 0 Å². The molecule has 0 bridgehead atoms. The summed E-state index contributed by atoms with van der Waals surface area (Å²) in [5.74, 6) is 1.70. The van der Waals surface area contributed by atoms with E-state index in [0.29, 0.717) is 12.0 Å². The topological polar surface area (TPSA) is 37.8 Å². The minimum atomic E-state index is 0.572. The predicted molar refractivity (Wildman–Crippen MR) is 65.1 cm³/mol. The zero-order valence-electron chi connectivity index (χ0n) is 9.60. The lowest BCUT2D eigenvalue weighted by Gasteiger charge is -2.16. The number of aromatic nitrogens is 2. The third-order valence-corrected chi connectivity index (χ3v) is 3.22. The van der Waals surface area contributed by atoms with Crippen molar-refractivity contribution in [2.75, 3.05) is 12.3 Å². The molecule has 0 aliphatic heterocycles. The molecule has 3 nitrogen and oxygen atoms in total. The molecular weight excluding hydrogens is 206 g/mol. The van der Waals surface area contributed by atoms with Crippen molar-refractivity contribution in [1.82, 2.24) is 15.3 Å². The maximum absolute atomic E-state index is 4.15. The van der Waals surface area contributed by atoms with E-state index in [4.69, 9.17) is 0 Å². The van der Waals surface area contributed by atoms with Crippen LogP contribution in [0.4, 0.5) is 0 Å². The van der Waals surface area contributed by atoms with E-state index in [1.807, 2.05) is 6.07 Å². The highest BCUT2D eigenvalue weighted by Crippen LogP contribution is 2.09. The van der Waals surface area contributed by atoms with Crippen LogP contribution >= 0.6 is 11.8 Å². The first-order valence-corrected chi connectivity index (χ1v) is 6.32. The van der Waals surface area contributed by atoms with Crippen molar-refractivity contribution >= 4 is 11.8 Å². The Morgan fingerprint density at radius 1 is 1.27 bits per heavy atom. The molecule has 1 rings (SSSR count). The number of rotatable bonds is 6. The van der Waals surface area contributed by atoms with Gasteiger partial charge in [0, 0.05) is 30.7 Å². The average Bonchev–Trinajstić information content (AvgIpc) is 2.25. The van der Waals surface area contributed by atoms with E-state index in [9.17, 15) is 0 Å². The molecule has 15 heavy (non-hydrogen) atoms. The van der Waals surface area contributed by atoms with Crippen molar-refractivity contribution in [3.63, 3.8) is 0 Å². The van der Waals surface area contributed by atoms with Gasteiger partial charge in [0.15, 0.2) is 5.16 Å².